The maximum absolute atomic E-state index is 12.6. The lowest BCUT2D eigenvalue weighted by atomic mass is 10.0. The monoisotopic (exact) mass is 294 g/mol. The SMILES string of the molecule is CCc1cc(C(=O)N(C)C2CCN(CC)CC2)sc1C. The molecule has 1 aliphatic heterocycles. The van der Waals surface area contributed by atoms with Gasteiger partial charge in [-0.05, 0) is 44.4 Å². The third kappa shape index (κ3) is 3.23. The second-order valence-corrected chi connectivity index (χ2v) is 6.88. The zero-order valence-corrected chi connectivity index (χ0v) is 13.9. The van der Waals surface area contributed by atoms with Gasteiger partial charge in [0.1, 0.15) is 0 Å². The Morgan fingerprint density at radius 3 is 2.55 bits per heavy atom. The second-order valence-electron chi connectivity index (χ2n) is 5.63. The van der Waals surface area contributed by atoms with Gasteiger partial charge in [-0.15, -0.1) is 11.3 Å². The molecular weight excluding hydrogens is 268 g/mol. The molecule has 2 rings (SSSR count). The number of piperidine rings is 1. The molecule has 4 heteroatoms. The fourth-order valence-electron chi connectivity index (χ4n) is 2.94. The quantitative estimate of drug-likeness (QED) is 0.851. The van der Waals surface area contributed by atoms with Gasteiger partial charge in [-0.1, -0.05) is 13.8 Å². The Hall–Kier alpha value is -0.870. The van der Waals surface area contributed by atoms with Crippen LogP contribution in [0.25, 0.3) is 0 Å². The molecule has 1 fully saturated rings. The minimum atomic E-state index is 0.202. The number of thiophene rings is 1. The zero-order valence-electron chi connectivity index (χ0n) is 13.1. The highest BCUT2D eigenvalue weighted by molar-refractivity contribution is 7.14. The molecule has 0 bridgehead atoms. The smallest absolute Gasteiger partial charge is 0.263 e. The molecule has 2 heterocycles. The largest absolute Gasteiger partial charge is 0.338 e. The molecule has 20 heavy (non-hydrogen) atoms. The molecule has 1 amide bonds. The number of nitrogens with zero attached hydrogens (tertiary/aromatic N) is 2. The third-order valence-electron chi connectivity index (χ3n) is 4.48. The van der Waals surface area contributed by atoms with Crippen molar-refractivity contribution >= 4 is 17.2 Å². The molecule has 0 saturated carbocycles. The highest BCUT2D eigenvalue weighted by Crippen LogP contribution is 2.25. The van der Waals surface area contributed by atoms with Crippen LogP contribution in [-0.2, 0) is 6.42 Å². The molecule has 1 aliphatic rings. The molecule has 3 nitrogen and oxygen atoms in total. The molecule has 1 saturated heterocycles. The second kappa shape index (κ2) is 6.72. The maximum atomic E-state index is 12.6. The number of rotatable bonds is 4. The molecular formula is C16H26N2OS. The summed E-state index contributed by atoms with van der Waals surface area (Å²) in [5.74, 6) is 0.202. The average Bonchev–Trinajstić information content (AvgIpc) is 2.87. The minimum Gasteiger partial charge on any atom is -0.338 e. The summed E-state index contributed by atoms with van der Waals surface area (Å²) in [5.41, 5.74) is 1.31. The summed E-state index contributed by atoms with van der Waals surface area (Å²) in [6.45, 7) is 9.81. The van der Waals surface area contributed by atoms with Gasteiger partial charge in [0, 0.05) is 31.1 Å². The van der Waals surface area contributed by atoms with Crippen molar-refractivity contribution in [2.24, 2.45) is 0 Å². The van der Waals surface area contributed by atoms with Gasteiger partial charge in [-0.3, -0.25) is 4.79 Å². The highest BCUT2D eigenvalue weighted by atomic mass is 32.1. The van der Waals surface area contributed by atoms with E-state index in [2.05, 4.69) is 31.7 Å². The van der Waals surface area contributed by atoms with Crippen LogP contribution in [-0.4, -0.2) is 48.4 Å². The number of hydrogen-bond acceptors (Lipinski definition) is 3. The van der Waals surface area contributed by atoms with Gasteiger partial charge in [0.05, 0.1) is 4.88 Å². The average molecular weight is 294 g/mol. The molecule has 0 atom stereocenters. The summed E-state index contributed by atoms with van der Waals surface area (Å²) in [6.07, 6.45) is 3.20. The van der Waals surface area contributed by atoms with Gasteiger partial charge in [-0.25, -0.2) is 0 Å². The van der Waals surface area contributed by atoms with Gasteiger partial charge in [0.2, 0.25) is 0 Å². The van der Waals surface area contributed by atoms with Gasteiger partial charge in [-0.2, -0.15) is 0 Å². The summed E-state index contributed by atoms with van der Waals surface area (Å²) in [7, 11) is 1.97. The van der Waals surface area contributed by atoms with E-state index >= 15 is 0 Å². The summed E-state index contributed by atoms with van der Waals surface area (Å²) in [5, 5.41) is 0. The standard InChI is InChI=1S/C16H26N2OS/c1-5-13-11-15(20-12(13)3)16(19)17(4)14-7-9-18(6-2)10-8-14/h11,14H,5-10H2,1-4H3. The lowest BCUT2D eigenvalue weighted by Gasteiger charge is -2.36. The van der Waals surface area contributed by atoms with Crippen molar-refractivity contribution in [1.82, 2.24) is 9.80 Å². The topological polar surface area (TPSA) is 23.6 Å². The molecule has 1 aromatic heterocycles. The van der Waals surface area contributed by atoms with Crippen molar-refractivity contribution in [3.63, 3.8) is 0 Å². The van der Waals surface area contributed by atoms with E-state index in [9.17, 15) is 4.79 Å². The van der Waals surface area contributed by atoms with Crippen LogP contribution in [0.4, 0.5) is 0 Å². The van der Waals surface area contributed by atoms with E-state index in [1.807, 2.05) is 11.9 Å². The van der Waals surface area contributed by atoms with Crippen LogP contribution in [0.5, 0.6) is 0 Å². The molecule has 0 aromatic carbocycles. The maximum Gasteiger partial charge on any atom is 0.263 e. The van der Waals surface area contributed by atoms with Crippen LogP contribution in [0.1, 0.15) is 46.8 Å². The molecule has 0 N–H and O–H groups in total. The molecule has 0 spiro atoms. The van der Waals surface area contributed by atoms with Crippen LogP contribution < -0.4 is 0 Å². The van der Waals surface area contributed by atoms with E-state index in [1.165, 1.54) is 10.4 Å². The predicted octanol–water partition coefficient (Wildman–Crippen LogP) is 3.18. The Morgan fingerprint density at radius 1 is 1.40 bits per heavy atom. The Balaban J connectivity index is 2.01. The molecule has 0 radical (unpaired) electrons. The van der Waals surface area contributed by atoms with Gasteiger partial charge in [0.15, 0.2) is 0 Å². The van der Waals surface area contributed by atoms with E-state index < -0.39 is 0 Å². The van der Waals surface area contributed by atoms with Crippen molar-refractivity contribution in [2.45, 2.75) is 46.1 Å². The van der Waals surface area contributed by atoms with Crippen LogP contribution in [0.2, 0.25) is 0 Å². The number of carbonyl (C=O) groups excluding carboxylic acids is 1. The lowest BCUT2D eigenvalue weighted by molar-refractivity contribution is 0.0651. The van der Waals surface area contributed by atoms with E-state index in [0.717, 1.165) is 43.8 Å². The van der Waals surface area contributed by atoms with Crippen LogP contribution in [0.15, 0.2) is 6.07 Å². The third-order valence-corrected chi connectivity index (χ3v) is 5.57. The number of likely N-dealkylation sites (tertiary alicyclic amines) is 1. The normalized spacial score (nSPS) is 17.4. The van der Waals surface area contributed by atoms with Crippen molar-refractivity contribution in [3.8, 4) is 0 Å². The van der Waals surface area contributed by atoms with Gasteiger partial charge >= 0.3 is 0 Å². The number of amides is 1. The molecule has 0 unspecified atom stereocenters. The zero-order chi connectivity index (χ0) is 14.7. The van der Waals surface area contributed by atoms with E-state index in [0.29, 0.717) is 6.04 Å². The van der Waals surface area contributed by atoms with Crippen LogP contribution in [0.3, 0.4) is 0 Å². The number of carbonyl (C=O) groups is 1. The summed E-state index contributed by atoms with van der Waals surface area (Å²) in [4.78, 5) is 19.2. The van der Waals surface area contributed by atoms with Crippen LogP contribution in [0, 0.1) is 6.92 Å². The first-order chi connectivity index (χ1) is 9.56. The highest BCUT2D eigenvalue weighted by Gasteiger charge is 2.26. The molecule has 112 valence electrons. The van der Waals surface area contributed by atoms with Gasteiger partial charge in [0.25, 0.3) is 5.91 Å². The Bertz CT molecular complexity index is 461. The fourth-order valence-corrected chi connectivity index (χ4v) is 4.04. The van der Waals surface area contributed by atoms with Crippen molar-refractivity contribution in [1.29, 1.82) is 0 Å². The summed E-state index contributed by atoms with van der Waals surface area (Å²) < 4.78 is 0. The van der Waals surface area contributed by atoms with Gasteiger partial charge < -0.3 is 9.80 Å². The van der Waals surface area contributed by atoms with Crippen molar-refractivity contribution in [3.05, 3.63) is 21.4 Å². The first kappa shape index (κ1) is 15.5. The fraction of sp³-hybridized carbons (Fsp3) is 0.688. The Morgan fingerprint density at radius 2 is 2.05 bits per heavy atom. The van der Waals surface area contributed by atoms with E-state index in [1.54, 1.807) is 11.3 Å². The Labute approximate surface area is 126 Å². The summed E-state index contributed by atoms with van der Waals surface area (Å²) >= 11 is 1.64. The predicted molar refractivity (Wildman–Crippen MR) is 85.7 cm³/mol. The minimum absolute atomic E-state index is 0.202. The summed E-state index contributed by atoms with van der Waals surface area (Å²) in [6, 6.07) is 2.48. The van der Waals surface area contributed by atoms with Crippen molar-refractivity contribution < 1.29 is 4.79 Å². The van der Waals surface area contributed by atoms with Crippen molar-refractivity contribution in [2.75, 3.05) is 26.7 Å². The first-order valence-corrected chi connectivity index (χ1v) is 8.47. The molecule has 1 aromatic rings. The number of aryl methyl sites for hydroxylation is 2. The lowest BCUT2D eigenvalue weighted by Crippen LogP contribution is -2.45. The Kier molecular flexibility index (Phi) is 5.22. The van der Waals surface area contributed by atoms with E-state index in [-0.39, 0.29) is 5.91 Å². The molecule has 0 aliphatic carbocycles. The van der Waals surface area contributed by atoms with Crippen LogP contribution >= 0.6 is 11.3 Å². The number of hydrogen-bond donors (Lipinski definition) is 0. The first-order valence-electron chi connectivity index (χ1n) is 7.65. The van der Waals surface area contributed by atoms with E-state index in [4.69, 9.17) is 0 Å².